The third-order valence-corrected chi connectivity index (χ3v) is 1.06. The summed E-state index contributed by atoms with van der Waals surface area (Å²) in [7, 11) is 0. The van der Waals surface area contributed by atoms with Crippen LogP contribution < -0.4 is 0 Å². The van der Waals surface area contributed by atoms with Gasteiger partial charge in [-0.25, -0.2) is 0 Å². The van der Waals surface area contributed by atoms with E-state index in [0.29, 0.717) is 0 Å². The van der Waals surface area contributed by atoms with Crippen LogP contribution in [0.1, 0.15) is 13.8 Å². The number of hydrogen-bond donors (Lipinski definition) is 0. The Labute approximate surface area is 49.7 Å². The Kier molecular flexibility index (Phi) is 1.53. The van der Waals surface area contributed by atoms with E-state index in [-0.39, 0.29) is 0 Å². The van der Waals surface area contributed by atoms with Crippen LogP contribution in [0.2, 0.25) is 0 Å². The number of hydroxylamine groups is 2. The number of hydrogen-bond acceptors (Lipinski definition) is 2. The molecule has 2 nitrogen and oxygen atoms in total. The minimum Gasteiger partial charge on any atom is -0.274 e. The minimum atomic E-state index is 0.768. The summed E-state index contributed by atoms with van der Waals surface area (Å²) in [6, 6.07) is 0. The molecule has 0 saturated heterocycles. The minimum absolute atomic E-state index is 0.768. The average molecular weight is 113 g/mol. The van der Waals surface area contributed by atoms with Gasteiger partial charge in [0.1, 0.15) is 0 Å². The first kappa shape index (κ1) is 5.63. The van der Waals surface area contributed by atoms with E-state index < -0.39 is 0 Å². The van der Waals surface area contributed by atoms with Crippen molar-refractivity contribution in [2.24, 2.45) is 0 Å². The first-order chi connectivity index (χ1) is 3.83. The Bertz CT molecular complexity index is 109. The van der Waals surface area contributed by atoms with Crippen molar-refractivity contribution in [3.8, 4) is 0 Å². The van der Waals surface area contributed by atoms with E-state index in [9.17, 15) is 0 Å². The van der Waals surface area contributed by atoms with Crippen molar-refractivity contribution < 1.29 is 4.84 Å². The fraction of sp³-hybridized carbons (Fsp3) is 0.667. The van der Waals surface area contributed by atoms with Crippen molar-refractivity contribution >= 4 is 0 Å². The molecule has 46 valence electrons. The van der Waals surface area contributed by atoms with Crippen LogP contribution in [0.4, 0.5) is 0 Å². The molecule has 0 aromatic carbocycles. The fourth-order valence-corrected chi connectivity index (χ4v) is 0.714. The van der Waals surface area contributed by atoms with Gasteiger partial charge in [0.25, 0.3) is 0 Å². The summed E-state index contributed by atoms with van der Waals surface area (Å²) in [5.41, 5.74) is 1.39. The molecule has 0 saturated carbocycles. The summed E-state index contributed by atoms with van der Waals surface area (Å²) in [4.78, 5) is 5.11. The molecule has 8 heavy (non-hydrogen) atoms. The van der Waals surface area contributed by atoms with E-state index in [1.165, 1.54) is 5.57 Å². The summed E-state index contributed by atoms with van der Waals surface area (Å²) in [5.74, 6) is 0. The second kappa shape index (κ2) is 2.18. The van der Waals surface area contributed by atoms with Crippen LogP contribution in [-0.2, 0) is 4.84 Å². The fourth-order valence-electron chi connectivity index (χ4n) is 0.714. The van der Waals surface area contributed by atoms with Crippen molar-refractivity contribution in [1.29, 1.82) is 0 Å². The van der Waals surface area contributed by atoms with Gasteiger partial charge in [-0.15, -0.1) is 0 Å². The number of rotatable bonds is 2. The summed E-state index contributed by atoms with van der Waals surface area (Å²) >= 11 is 0. The lowest BCUT2D eigenvalue weighted by Gasteiger charge is -2.27. The van der Waals surface area contributed by atoms with E-state index in [0.717, 1.165) is 13.2 Å². The highest BCUT2D eigenvalue weighted by Gasteiger charge is 2.09. The van der Waals surface area contributed by atoms with Crippen molar-refractivity contribution in [2.45, 2.75) is 13.8 Å². The molecule has 0 aliphatic carbocycles. The molecule has 1 heterocycles. The predicted octanol–water partition coefficient (Wildman–Crippen LogP) is 1.16. The van der Waals surface area contributed by atoms with Crippen molar-refractivity contribution in [1.82, 2.24) is 5.06 Å². The Hall–Kier alpha value is -0.500. The maximum absolute atomic E-state index is 5.11. The molecule has 1 aliphatic rings. The molecule has 0 radical (unpaired) electrons. The lowest BCUT2D eigenvalue weighted by molar-refractivity contribution is -0.124. The molecule has 0 spiro atoms. The second-order valence-corrected chi connectivity index (χ2v) is 1.97. The van der Waals surface area contributed by atoms with Crippen LogP contribution in [0.5, 0.6) is 0 Å². The zero-order chi connectivity index (χ0) is 5.98. The van der Waals surface area contributed by atoms with Crippen LogP contribution in [-0.4, -0.2) is 18.2 Å². The van der Waals surface area contributed by atoms with Gasteiger partial charge in [0.05, 0.1) is 13.2 Å². The van der Waals surface area contributed by atoms with E-state index in [1.807, 2.05) is 18.2 Å². The molecule has 0 unspecified atom stereocenters. The van der Waals surface area contributed by atoms with Crippen LogP contribution in [0.3, 0.4) is 0 Å². The summed E-state index contributed by atoms with van der Waals surface area (Å²) in [6.45, 7) is 5.83. The molecule has 0 fully saturated rings. The molecule has 0 aromatic heterocycles. The van der Waals surface area contributed by atoms with Gasteiger partial charge in [-0.1, -0.05) is 0 Å². The Balaban J connectivity index is 2.16. The summed E-state index contributed by atoms with van der Waals surface area (Å²) < 4.78 is 0. The molecule has 2 heteroatoms. The first-order valence-corrected chi connectivity index (χ1v) is 2.90. The van der Waals surface area contributed by atoms with E-state index in [4.69, 9.17) is 4.84 Å². The molecule has 0 atom stereocenters. The van der Waals surface area contributed by atoms with Gasteiger partial charge in [0.15, 0.2) is 0 Å². The summed E-state index contributed by atoms with van der Waals surface area (Å²) in [5, 5.41) is 1.84. The third kappa shape index (κ3) is 1.01. The SMILES string of the molecule is CCON1C=C(C)C1. The second-order valence-electron chi connectivity index (χ2n) is 1.97. The highest BCUT2D eigenvalue weighted by atomic mass is 16.7. The molecule has 0 amide bonds. The largest absolute Gasteiger partial charge is 0.274 e. The number of nitrogens with zero attached hydrogens (tertiary/aromatic N) is 1. The third-order valence-electron chi connectivity index (χ3n) is 1.06. The van der Waals surface area contributed by atoms with Gasteiger partial charge in [-0.2, -0.15) is 0 Å². The lowest BCUT2D eigenvalue weighted by Crippen LogP contribution is -2.28. The molecule has 1 aliphatic heterocycles. The standard InChI is InChI=1S/C6H11NO/c1-3-8-7-4-6(2)5-7/h4H,3,5H2,1-2H3. The quantitative estimate of drug-likeness (QED) is 0.532. The predicted molar refractivity (Wildman–Crippen MR) is 32.1 cm³/mol. The topological polar surface area (TPSA) is 12.5 Å². The molecule has 0 N–H and O–H groups in total. The molecular weight excluding hydrogens is 102 g/mol. The molecule has 0 aromatic rings. The molecule has 1 rings (SSSR count). The van der Waals surface area contributed by atoms with Gasteiger partial charge in [-0.3, -0.25) is 9.90 Å². The lowest BCUT2D eigenvalue weighted by atomic mass is 10.2. The highest BCUT2D eigenvalue weighted by Crippen LogP contribution is 2.11. The molecule has 0 bridgehead atoms. The Morgan fingerprint density at radius 2 is 2.50 bits per heavy atom. The smallest absolute Gasteiger partial charge is 0.0720 e. The summed E-state index contributed by atoms with van der Waals surface area (Å²) in [6.07, 6.45) is 2.00. The van der Waals surface area contributed by atoms with Gasteiger partial charge in [0.2, 0.25) is 0 Å². The first-order valence-electron chi connectivity index (χ1n) is 2.90. The maximum atomic E-state index is 5.11. The zero-order valence-electron chi connectivity index (χ0n) is 5.35. The van der Waals surface area contributed by atoms with Gasteiger partial charge in [-0.05, 0) is 19.4 Å². The van der Waals surface area contributed by atoms with Gasteiger partial charge >= 0.3 is 0 Å². The van der Waals surface area contributed by atoms with Gasteiger partial charge in [0, 0.05) is 6.20 Å². The van der Waals surface area contributed by atoms with Crippen LogP contribution in [0.15, 0.2) is 11.8 Å². The van der Waals surface area contributed by atoms with Gasteiger partial charge < -0.3 is 0 Å². The normalized spacial score (nSPS) is 17.8. The van der Waals surface area contributed by atoms with Crippen LogP contribution in [0.25, 0.3) is 0 Å². The maximum Gasteiger partial charge on any atom is 0.0720 e. The Morgan fingerprint density at radius 3 is 2.88 bits per heavy atom. The van der Waals surface area contributed by atoms with E-state index in [2.05, 4.69) is 6.92 Å². The Morgan fingerprint density at radius 1 is 1.88 bits per heavy atom. The molecular formula is C6H11NO. The van der Waals surface area contributed by atoms with Crippen LogP contribution in [0, 0.1) is 0 Å². The monoisotopic (exact) mass is 113 g/mol. The van der Waals surface area contributed by atoms with Crippen molar-refractivity contribution in [3.63, 3.8) is 0 Å². The van der Waals surface area contributed by atoms with E-state index >= 15 is 0 Å². The highest BCUT2D eigenvalue weighted by molar-refractivity contribution is 5.07. The average Bonchev–Trinajstić information content (AvgIpc) is 1.64. The van der Waals surface area contributed by atoms with Crippen molar-refractivity contribution in [3.05, 3.63) is 11.8 Å². The van der Waals surface area contributed by atoms with Crippen LogP contribution >= 0.6 is 0 Å². The zero-order valence-corrected chi connectivity index (χ0v) is 5.35. The van der Waals surface area contributed by atoms with E-state index in [1.54, 1.807) is 0 Å². The van der Waals surface area contributed by atoms with Crippen molar-refractivity contribution in [2.75, 3.05) is 13.2 Å².